The first-order chi connectivity index (χ1) is 21.3. The second-order valence-corrected chi connectivity index (χ2v) is 11.9. The molecule has 0 spiro atoms. The number of anilines is 2. The Kier molecular flexibility index (Phi) is 10.0. The van der Waals surface area contributed by atoms with Crippen molar-refractivity contribution in [3.05, 3.63) is 99.4 Å². The number of piperidine rings is 1. The zero-order valence-corrected chi connectivity index (χ0v) is 26.8. The van der Waals surface area contributed by atoms with Gasteiger partial charge in [-0.05, 0) is 112 Å². The lowest BCUT2D eigenvalue weighted by atomic mass is 10.0. The van der Waals surface area contributed by atoms with Gasteiger partial charge in [-0.2, -0.15) is 0 Å². The lowest BCUT2D eigenvalue weighted by Crippen LogP contribution is -2.45. The van der Waals surface area contributed by atoms with E-state index in [2.05, 4.69) is 77.2 Å². The Balaban J connectivity index is 1.58. The molecule has 0 atom stereocenters. The second-order valence-electron chi connectivity index (χ2n) is 11.9. The molecule has 0 bridgehead atoms. The number of pyridine rings is 2. The molecule has 7 heteroatoms. The minimum Gasteiger partial charge on any atom is -0.389 e. The summed E-state index contributed by atoms with van der Waals surface area (Å²) in [5.41, 5.74) is 8.07. The van der Waals surface area contributed by atoms with Gasteiger partial charge in [-0.15, -0.1) is 0 Å². The van der Waals surface area contributed by atoms with Crippen molar-refractivity contribution in [1.82, 2.24) is 14.9 Å². The molecule has 1 saturated heterocycles. The highest BCUT2D eigenvalue weighted by Gasteiger charge is 2.26. The smallest absolute Gasteiger partial charge is 0.148 e. The predicted octanol–water partition coefficient (Wildman–Crippen LogP) is 6.38. The molecule has 1 aliphatic heterocycles. The maximum absolute atomic E-state index is 15.2. The molecule has 6 nitrogen and oxygen atoms in total. The third kappa shape index (κ3) is 6.98. The summed E-state index contributed by atoms with van der Waals surface area (Å²) >= 11 is 0. The third-order valence-corrected chi connectivity index (χ3v) is 8.80. The fourth-order valence-electron chi connectivity index (χ4n) is 6.34. The van der Waals surface area contributed by atoms with Crippen LogP contribution in [0.1, 0.15) is 88.8 Å². The van der Waals surface area contributed by atoms with E-state index in [1.54, 1.807) is 6.07 Å². The van der Waals surface area contributed by atoms with Crippen molar-refractivity contribution in [3.8, 4) is 0 Å². The van der Waals surface area contributed by atoms with Gasteiger partial charge in [0.2, 0.25) is 0 Å². The molecule has 44 heavy (non-hydrogen) atoms. The molecule has 2 N–H and O–H groups in total. The van der Waals surface area contributed by atoms with E-state index >= 15 is 4.39 Å². The fraction of sp³-hybridized carbons (Fsp3) is 0.405. The first-order valence-corrected chi connectivity index (χ1v) is 16.2. The van der Waals surface area contributed by atoms with E-state index in [0.717, 1.165) is 66.2 Å². The summed E-state index contributed by atoms with van der Waals surface area (Å²) in [6.07, 6.45) is 12.6. The van der Waals surface area contributed by atoms with Crippen LogP contribution in [0.4, 0.5) is 15.8 Å². The van der Waals surface area contributed by atoms with Gasteiger partial charge in [0.25, 0.3) is 0 Å². The second kappa shape index (κ2) is 14.1. The molecule has 0 unspecified atom stereocenters. The summed E-state index contributed by atoms with van der Waals surface area (Å²) in [6, 6.07) is 9.62. The highest BCUT2D eigenvalue weighted by molar-refractivity contribution is 5.68. The van der Waals surface area contributed by atoms with Gasteiger partial charge in [0, 0.05) is 66.1 Å². The van der Waals surface area contributed by atoms with Gasteiger partial charge in [-0.25, -0.2) is 9.38 Å². The monoisotopic (exact) mass is 594 g/mol. The molecule has 2 fully saturated rings. The Hall–Kier alpha value is -4.13. The van der Waals surface area contributed by atoms with Gasteiger partial charge in [-0.1, -0.05) is 26.2 Å². The predicted molar refractivity (Wildman–Crippen MR) is 182 cm³/mol. The highest BCUT2D eigenvalue weighted by Crippen LogP contribution is 2.41. The van der Waals surface area contributed by atoms with Crippen LogP contribution in [0.3, 0.4) is 0 Å². The van der Waals surface area contributed by atoms with E-state index in [0.29, 0.717) is 29.7 Å². The molecule has 232 valence electrons. The van der Waals surface area contributed by atoms with E-state index in [1.807, 2.05) is 31.5 Å². The first kappa shape index (κ1) is 31.3. The minimum absolute atomic E-state index is 0.230. The fourth-order valence-corrected chi connectivity index (χ4v) is 6.34. The maximum atomic E-state index is 15.2. The molecular weight excluding hydrogens is 547 g/mol. The number of nitrogens with one attached hydrogen (secondary N) is 2. The molecule has 1 aliphatic carbocycles. The van der Waals surface area contributed by atoms with Gasteiger partial charge in [0.05, 0.1) is 5.69 Å². The van der Waals surface area contributed by atoms with E-state index < -0.39 is 0 Å². The van der Waals surface area contributed by atoms with Crippen molar-refractivity contribution in [3.63, 3.8) is 0 Å². The van der Waals surface area contributed by atoms with E-state index in [-0.39, 0.29) is 5.82 Å². The van der Waals surface area contributed by atoms with Crippen LogP contribution in [-0.4, -0.2) is 29.2 Å². The molecule has 2 aliphatic rings. The molecule has 0 amide bonds. The number of rotatable bonds is 11. The van der Waals surface area contributed by atoms with Gasteiger partial charge < -0.3 is 20.1 Å². The van der Waals surface area contributed by atoms with E-state index in [1.165, 1.54) is 36.0 Å². The molecule has 0 radical (unpaired) electrons. The Morgan fingerprint density at radius 1 is 1.14 bits per heavy atom. The van der Waals surface area contributed by atoms with Crippen LogP contribution < -0.4 is 31.6 Å². The van der Waals surface area contributed by atoms with E-state index in [9.17, 15) is 0 Å². The summed E-state index contributed by atoms with van der Waals surface area (Å²) in [5, 5.41) is 8.64. The van der Waals surface area contributed by atoms with Gasteiger partial charge in [-0.3, -0.25) is 4.98 Å². The molecule has 2 aromatic heterocycles. The van der Waals surface area contributed by atoms with Gasteiger partial charge in [0.15, 0.2) is 0 Å². The number of benzene rings is 1. The van der Waals surface area contributed by atoms with Crippen molar-refractivity contribution in [2.45, 2.75) is 78.7 Å². The quantitative estimate of drug-likeness (QED) is 0.270. The van der Waals surface area contributed by atoms with Crippen LogP contribution in [0.15, 0.2) is 65.8 Å². The third-order valence-electron chi connectivity index (χ3n) is 8.80. The number of hydrogen-bond acceptors (Lipinski definition) is 5. The van der Waals surface area contributed by atoms with Gasteiger partial charge >= 0.3 is 0 Å². The van der Waals surface area contributed by atoms with Crippen molar-refractivity contribution in [1.29, 1.82) is 0 Å². The molecule has 3 aromatic rings. The van der Waals surface area contributed by atoms with Crippen LogP contribution in [0.2, 0.25) is 0 Å². The van der Waals surface area contributed by atoms with Gasteiger partial charge in [0.1, 0.15) is 17.1 Å². The van der Waals surface area contributed by atoms with Crippen LogP contribution >= 0.6 is 0 Å². The summed E-state index contributed by atoms with van der Waals surface area (Å²) in [7, 11) is 0. The Morgan fingerprint density at radius 2 is 1.91 bits per heavy atom. The summed E-state index contributed by atoms with van der Waals surface area (Å²) in [6.45, 7) is 20.6. The average molecular weight is 595 g/mol. The highest BCUT2D eigenvalue weighted by atomic mass is 19.1. The normalized spacial score (nSPS) is 16.6. The SMILES string of the molecule is C=C(/N=c1\c(=C/C)cc(/C(CC)=C(\C)NCC)c(=C)n1Cc1ccncc1C1CC1)Nc1ccc(N2CCCCC2)c(F)c1. The zero-order valence-electron chi connectivity index (χ0n) is 26.8. The topological polar surface area (TPSA) is 57.5 Å². The van der Waals surface area contributed by atoms with Crippen molar-refractivity contribution >= 4 is 29.6 Å². The Labute approximate surface area is 261 Å². The van der Waals surface area contributed by atoms with Crippen molar-refractivity contribution in [2.75, 3.05) is 29.9 Å². The number of aromatic nitrogens is 2. The van der Waals surface area contributed by atoms with E-state index in [4.69, 9.17) is 4.99 Å². The number of nitrogens with zero attached hydrogens (tertiary/aromatic N) is 4. The summed E-state index contributed by atoms with van der Waals surface area (Å²) in [4.78, 5) is 11.6. The average Bonchev–Trinajstić information content (AvgIpc) is 3.87. The number of allylic oxidation sites excluding steroid dienone is 2. The van der Waals surface area contributed by atoms with Crippen molar-refractivity contribution in [2.24, 2.45) is 4.99 Å². The Morgan fingerprint density at radius 3 is 2.57 bits per heavy atom. The molecule has 5 rings (SSSR count). The molecule has 3 heterocycles. The minimum atomic E-state index is -0.230. The Bertz CT molecular complexity index is 1720. The van der Waals surface area contributed by atoms with Crippen LogP contribution in [0.5, 0.6) is 0 Å². The van der Waals surface area contributed by atoms with Crippen molar-refractivity contribution < 1.29 is 4.39 Å². The first-order valence-electron chi connectivity index (χ1n) is 16.2. The van der Waals surface area contributed by atoms with Crippen LogP contribution in [0, 0.1) is 5.82 Å². The maximum Gasteiger partial charge on any atom is 0.148 e. The lowest BCUT2D eigenvalue weighted by Gasteiger charge is -2.29. The van der Waals surface area contributed by atoms with Crippen LogP contribution in [-0.2, 0) is 6.54 Å². The number of halogens is 1. The number of hydrogen-bond donors (Lipinski definition) is 2. The summed E-state index contributed by atoms with van der Waals surface area (Å²) in [5.74, 6) is 0.771. The largest absolute Gasteiger partial charge is 0.389 e. The zero-order chi connectivity index (χ0) is 31.2. The molecular formula is C37H47FN6. The van der Waals surface area contributed by atoms with Crippen LogP contribution in [0.25, 0.3) is 18.2 Å². The summed E-state index contributed by atoms with van der Waals surface area (Å²) < 4.78 is 17.4. The lowest BCUT2D eigenvalue weighted by molar-refractivity contribution is 0.557. The molecule has 1 saturated carbocycles. The standard InChI is InChI=1S/C37H47FN6/c1-7-28-21-33(32(8-2)25(4)40-9-3)26(5)44(24-30-17-18-39-23-34(30)29-13-14-29)37(28)42-27(6)41-31-15-16-36(35(38)22-31)43-19-11-10-12-20-43/h7,15-18,21-23,29,40-41H,5-6,8-14,19-20,24H2,1-4H3/b28-7-,32-25+,42-37+. The molecule has 1 aromatic carbocycles.